The fourth-order valence-corrected chi connectivity index (χ4v) is 2.37. The van der Waals surface area contributed by atoms with Crippen LogP contribution < -0.4 is 5.32 Å². The first-order valence-electron chi connectivity index (χ1n) is 7.65. The van der Waals surface area contributed by atoms with Gasteiger partial charge in [0.05, 0.1) is 18.0 Å². The largest absolute Gasteiger partial charge is 0.383 e. The van der Waals surface area contributed by atoms with Gasteiger partial charge in [0.1, 0.15) is 0 Å². The Kier molecular flexibility index (Phi) is 5.96. The normalized spacial score (nSPS) is 11.0. The van der Waals surface area contributed by atoms with Crippen LogP contribution in [-0.4, -0.2) is 30.0 Å². The standard InChI is InChI=1S/C17H25N3O/c1-4-15-12-16(5-2)20(19-15)17-9-7-6-8-14(17)13-18-10-11-21-3/h6-9,12,18H,4-5,10-11,13H2,1-3H3. The molecule has 0 spiro atoms. The minimum Gasteiger partial charge on any atom is -0.383 e. The van der Waals surface area contributed by atoms with E-state index in [1.165, 1.54) is 16.9 Å². The molecule has 0 amide bonds. The molecule has 0 aliphatic heterocycles. The zero-order chi connectivity index (χ0) is 15.1. The number of hydrogen-bond donors (Lipinski definition) is 1. The molecule has 21 heavy (non-hydrogen) atoms. The van der Waals surface area contributed by atoms with Gasteiger partial charge in [-0.25, -0.2) is 4.68 Å². The van der Waals surface area contributed by atoms with Gasteiger partial charge in [-0.3, -0.25) is 0 Å². The van der Waals surface area contributed by atoms with Crippen molar-refractivity contribution in [3.8, 4) is 5.69 Å². The molecule has 4 nitrogen and oxygen atoms in total. The first kappa shape index (κ1) is 15.7. The summed E-state index contributed by atoms with van der Waals surface area (Å²) in [5.74, 6) is 0. The van der Waals surface area contributed by atoms with Gasteiger partial charge in [0.2, 0.25) is 0 Å². The predicted molar refractivity (Wildman–Crippen MR) is 85.9 cm³/mol. The van der Waals surface area contributed by atoms with Crippen molar-refractivity contribution in [3.63, 3.8) is 0 Å². The lowest BCUT2D eigenvalue weighted by Crippen LogP contribution is -2.20. The van der Waals surface area contributed by atoms with Crippen molar-refractivity contribution < 1.29 is 4.74 Å². The number of nitrogens with zero attached hydrogens (tertiary/aromatic N) is 2. The number of methoxy groups -OCH3 is 1. The Balaban J connectivity index is 2.24. The van der Waals surface area contributed by atoms with Gasteiger partial charge in [-0.2, -0.15) is 5.10 Å². The van der Waals surface area contributed by atoms with Gasteiger partial charge in [0.25, 0.3) is 0 Å². The molecular weight excluding hydrogens is 262 g/mol. The number of rotatable bonds is 8. The van der Waals surface area contributed by atoms with Gasteiger partial charge in [-0.1, -0.05) is 32.0 Å². The Labute approximate surface area is 127 Å². The second-order valence-corrected chi connectivity index (χ2v) is 5.04. The molecule has 1 N–H and O–H groups in total. The first-order valence-corrected chi connectivity index (χ1v) is 7.65. The van der Waals surface area contributed by atoms with E-state index in [9.17, 15) is 0 Å². The summed E-state index contributed by atoms with van der Waals surface area (Å²) >= 11 is 0. The molecular formula is C17H25N3O. The fraction of sp³-hybridized carbons (Fsp3) is 0.471. The topological polar surface area (TPSA) is 39.1 Å². The molecule has 0 aliphatic carbocycles. The number of para-hydroxylation sites is 1. The summed E-state index contributed by atoms with van der Waals surface area (Å²) in [6, 6.07) is 10.6. The van der Waals surface area contributed by atoms with Crippen LogP contribution in [0, 0.1) is 0 Å². The highest BCUT2D eigenvalue weighted by Gasteiger charge is 2.10. The van der Waals surface area contributed by atoms with Crippen molar-refractivity contribution in [3.05, 3.63) is 47.3 Å². The first-order chi connectivity index (χ1) is 10.3. The summed E-state index contributed by atoms with van der Waals surface area (Å²) < 4.78 is 7.16. The number of ether oxygens (including phenoxy) is 1. The van der Waals surface area contributed by atoms with E-state index < -0.39 is 0 Å². The van der Waals surface area contributed by atoms with Gasteiger partial charge < -0.3 is 10.1 Å². The molecule has 0 saturated heterocycles. The van der Waals surface area contributed by atoms with E-state index in [-0.39, 0.29) is 0 Å². The summed E-state index contributed by atoms with van der Waals surface area (Å²) in [6.45, 7) is 6.72. The fourth-order valence-electron chi connectivity index (χ4n) is 2.37. The van der Waals surface area contributed by atoms with Crippen molar-refractivity contribution in [2.24, 2.45) is 0 Å². The van der Waals surface area contributed by atoms with Crippen molar-refractivity contribution in [1.29, 1.82) is 0 Å². The maximum absolute atomic E-state index is 5.07. The lowest BCUT2D eigenvalue weighted by atomic mass is 10.1. The second kappa shape index (κ2) is 7.96. The van der Waals surface area contributed by atoms with E-state index in [0.29, 0.717) is 0 Å². The van der Waals surface area contributed by atoms with E-state index in [4.69, 9.17) is 9.84 Å². The molecule has 0 aliphatic rings. The number of hydrogen-bond acceptors (Lipinski definition) is 3. The SMILES string of the molecule is CCc1cc(CC)n(-c2ccccc2CNCCOC)n1. The predicted octanol–water partition coefficient (Wildman–Crippen LogP) is 2.73. The number of aryl methyl sites for hydroxylation is 2. The summed E-state index contributed by atoms with van der Waals surface area (Å²) in [5, 5.41) is 8.14. The third-order valence-corrected chi connectivity index (χ3v) is 3.58. The molecule has 4 heteroatoms. The molecule has 2 aromatic rings. The van der Waals surface area contributed by atoms with Crippen LogP contribution in [0.1, 0.15) is 30.8 Å². The van der Waals surface area contributed by atoms with Crippen LogP contribution >= 0.6 is 0 Å². The minimum absolute atomic E-state index is 0.726. The maximum Gasteiger partial charge on any atom is 0.0693 e. The molecule has 0 saturated carbocycles. The molecule has 114 valence electrons. The Morgan fingerprint density at radius 3 is 2.71 bits per heavy atom. The molecule has 2 rings (SSSR count). The average molecular weight is 287 g/mol. The molecule has 0 radical (unpaired) electrons. The van der Waals surface area contributed by atoms with E-state index >= 15 is 0 Å². The quantitative estimate of drug-likeness (QED) is 0.759. The maximum atomic E-state index is 5.07. The Morgan fingerprint density at radius 1 is 1.19 bits per heavy atom. The van der Waals surface area contributed by atoms with E-state index in [1.807, 2.05) is 0 Å². The molecule has 0 bridgehead atoms. The van der Waals surface area contributed by atoms with E-state index in [1.54, 1.807) is 7.11 Å². The van der Waals surface area contributed by atoms with Crippen LogP contribution in [0.3, 0.4) is 0 Å². The van der Waals surface area contributed by atoms with Crippen LogP contribution in [0.5, 0.6) is 0 Å². The average Bonchev–Trinajstić information content (AvgIpc) is 2.95. The van der Waals surface area contributed by atoms with Crippen LogP contribution in [0.15, 0.2) is 30.3 Å². The highest BCUT2D eigenvalue weighted by atomic mass is 16.5. The molecule has 1 heterocycles. The second-order valence-electron chi connectivity index (χ2n) is 5.04. The van der Waals surface area contributed by atoms with Crippen molar-refractivity contribution in [2.75, 3.05) is 20.3 Å². The molecule has 1 aromatic carbocycles. The van der Waals surface area contributed by atoms with Gasteiger partial charge in [0, 0.05) is 25.9 Å². The van der Waals surface area contributed by atoms with Gasteiger partial charge in [-0.15, -0.1) is 0 Å². The van der Waals surface area contributed by atoms with E-state index in [2.05, 4.69) is 54.2 Å². The summed E-state index contributed by atoms with van der Waals surface area (Å²) in [7, 11) is 1.72. The summed E-state index contributed by atoms with van der Waals surface area (Å²) in [4.78, 5) is 0. The lowest BCUT2D eigenvalue weighted by Gasteiger charge is -2.12. The third kappa shape index (κ3) is 3.93. The van der Waals surface area contributed by atoms with Crippen LogP contribution in [0.4, 0.5) is 0 Å². The minimum atomic E-state index is 0.726. The van der Waals surface area contributed by atoms with Crippen molar-refractivity contribution in [1.82, 2.24) is 15.1 Å². The van der Waals surface area contributed by atoms with Crippen LogP contribution in [0.2, 0.25) is 0 Å². The van der Waals surface area contributed by atoms with Crippen LogP contribution in [-0.2, 0) is 24.1 Å². The summed E-state index contributed by atoms with van der Waals surface area (Å²) in [6.07, 6.45) is 1.95. The van der Waals surface area contributed by atoms with Crippen LogP contribution in [0.25, 0.3) is 5.69 Å². The molecule has 0 atom stereocenters. The highest BCUT2D eigenvalue weighted by molar-refractivity contribution is 5.42. The lowest BCUT2D eigenvalue weighted by molar-refractivity contribution is 0.199. The number of nitrogens with one attached hydrogen (secondary N) is 1. The van der Waals surface area contributed by atoms with Gasteiger partial charge in [0.15, 0.2) is 0 Å². The number of benzene rings is 1. The summed E-state index contributed by atoms with van der Waals surface area (Å²) in [5.41, 5.74) is 4.83. The zero-order valence-electron chi connectivity index (χ0n) is 13.2. The monoisotopic (exact) mass is 287 g/mol. The third-order valence-electron chi connectivity index (χ3n) is 3.58. The van der Waals surface area contributed by atoms with Gasteiger partial charge >= 0.3 is 0 Å². The van der Waals surface area contributed by atoms with E-state index in [0.717, 1.165) is 38.2 Å². The Bertz CT molecular complexity index is 563. The highest BCUT2D eigenvalue weighted by Crippen LogP contribution is 2.18. The van der Waals surface area contributed by atoms with Gasteiger partial charge in [-0.05, 0) is 30.5 Å². The molecule has 0 unspecified atom stereocenters. The smallest absolute Gasteiger partial charge is 0.0693 e. The Hall–Kier alpha value is -1.65. The van der Waals surface area contributed by atoms with Crippen molar-refractivity contribution in [2.45, 2.75) is 33.2 Å². The molecule has 0 fully saturated rings. The molecule has 1 aromatic heterocycles. The van der Waals surface area contributed by atoms with Crippen molar-refractivity contribution >= 4 is 0 Å². The Morgan fingerprint density at radius 2 is 2.00 bits per heavy atom. The number of aromatic nitrogens is 2. The zero-order valence-corrected chi connectivity index (χ0v) is 13.2.